The van der Waals surface area contributed by atoms with Crippen molar-refractivity contribution in [3.8, 4) is 5.82 Å². The molecule has 1 fully saturated rings. The number of amides is 1. The third kappa shape index (κ3) is 4.09. The molecule has 0 aliphatic heterocycles. The minimum Gasteiger partial charge on any atom is -0.349 e. The molecule has 5 nitrogen and oxygen atoms in total. The minimum atomic E-state index is -0.0251. The van der Waals surface area contributed by atoms with Gasteiger partial charge in [-0.3, -0.25) is 9.36 Å². The number of imidazole rings is 1. The van der Waals surface area contributed by atoms with Gasteiger partial charge in [-0.2, -0.15) is 0 Å². The van der Waals surface area contributed by atoms with E-state index in [-0.39, 0.29) is 11.9 Å². The van der Waals surface area contributed by atoms with E-state index in [1.807, 2.05) is 22.9 Å². The number of carbonyl (C=O) groups is 1. The van der Waals surface area contributed by atoms with Gasteiger partial charge in [0.25, 0.3) is 5.91 Å². The van der Waals surface area contributed by atoms with Crippen LogP contribution in [-0.2, 0) is 0 Å². The van der Waals surface area contributed by atoms with E-state index in [2.05, 4.69) is 36.1 Å². The summed E-state index contributed by atoms with van der Waals surface area (Å²) in [5.41, 5.74) is 1.02. The Kier molecular flexibility index (Phi) is 5.21. The van der Waals surface area contributed by atoms with Crippen molar-refractivity contribution >= 4 is 5.91 Å². The summed E-state index contributed by atoms with van der Waals surface area (Å²) in [5.74, 6) is 1.50. The number of nitrogens with zero attached hydrogens (tertiary/aromatic N) is 3. The van der Waals surface area contributed by atoms with Crippen LogP contribution in [0.2, 0.25) is 0 Å². The lowest BCUT2D eigenvalue weighted by atomic mass is 9.69. The Morgan fingerprint density at radius 1 is 1.28 bits per heavy atom. The Labute approximate surface area is 149 Å². The summed E-state index contributed by atoms with van der Waals surface area (Å²) in [7, 11) is 0. The zero-order chi connectivity index (χ0) is 17.9. The van der Waals surface area contributed by atoms with Crippen molar-refractivity contribution in [1.82, 2.24) is 19.9 Å². The normalized spacial score (nSPS) is 21.1. The van der Waals surface area contributed by atoms with Gasteiger partial charge in [-0.05, 0) is 49.1 Å². The van der Waals surface area contributed by atoms with Gasteiger partial charge in [0.15, 0.2) is 0 Å². The summed E-state index contributed by atoms with van der Waals surface area (Å²) >= 11 is 0. The zero-order valence-corrected chi connectivity index (χ0v) is 15.4. The Morgan fingerprint density at radius 2 is 2.04 bits per heavy atom. The van der Waals surface area contributed by atoms with Crippen LogP contribution in [-0.4, -0.2) is 26.5 Å². The van der Waals surface area contributed by atoms with Crippen molar-refractivity contribution < 1.29 is 4.79 Å². The number of hydrogen-bond donors (Lipinski definition) is 1. The standard InChI is InChI=1S/C20H28N4O/c1-4-20(2,3)16-6-8-17(9-7-16)23-19(25)15-5-10-18(22-13-15)24-12-11-21-14-24/h5,10-14,16-17H,4,6-9H2,1-3H3,(H,23,25). The van der Waals surface area contributed by atoms with Gasteiger partial charge in [0.2, 0.25) is 0 Å². The first-order valence-corrected chi connectivity index (χ1v) is 9.25. The fourth-order valence-corrected chi connectivity index (χ4v) is 3.64. The van der Waals surface area contributed by atoms with Gasteiger partial charge < -0.3 is 5.32 Å². The third-order valence-electron chi connectivity index (χ3n) is 5.86. The molecule has 1 aliphatic carbocycles. The van der Waals surface area contributed by atoms with E-state index in [1.165, 1.54) is 19.3 Å². The van der Waals surface area contributed by atoms with Gasteiger partial charge in [0.1, 0.15) is 12.1 Å². The molecule has 134 valence electrons. The maximum Gasteiger partial charge on any atom is 0.253 e. The monoisotopic (exact) mass is 340 g/mol. The molecule has 2 aromatic rings. The fraction of sp³-hybridized carbons (Fsp3) is 0.550. The fourth-order valence-electron chi connectivity index (χ4n) is 3.64. The van der Waals surface area contributed by atoms with Gasteiger partial charge in [-0.15, -0.1) is 0 Å². The van der Waals surface area contributed by atoms with Crippen molar-refractivity contribution in [3.63, 3.8) is 0 Å². The van der Waals surface area contributed by atoms with Crippen molar-refractivity contribution in [3.05, 3.63) is 42.6 Å². The lowest BCUT2D eigenvalue weighted by molar-refractivity contribution is 0.0893. The number of carbonyl (C=O) groups excluding carboxylic acids is 1. The largest absolute Gasteiger partial charge is 0.349 e. The molecule has 1 saturated carbocycles. The van der Waals surface area contributed by atoms with Crippen LogP contribution in [0.15, 0.2) is 37.1 Å². The molecule has 25 heavy (non-hydrogen) atoms. The molecule has 0 bridgehead atoms. The zero-order valence-electron chi connectivity index (χ0n) is 15.4. The molecule has 5 heteroatoms. The summed E-state index contributed by atoms with van der Waals surface area (Å²) in [5, 5.41) is 3.18. The predicted octanol–water partition coefficient (Wildman–Crippen LogP) is 3.99. The molecule has 0 unspecified atom stereocenters. The Morgan fingerprint density at radius 3 is 2.60 bits per heavy atom. The van der Waals surface area contributed by atoms with Gasteiger partial charge in [-0.25, -0.2) is 9.97 Å². The van der Waals surface area contributed by atoms with Crippen LogP contribution in [0.5, 0.6) is 0 Å². The van der Waals surface area contributed by atoms with E-state index in [9.17, 15) is 4.79 Å². The van der Waals surface area contributed by atoms with Crippen LogP contribution in [0, 0.1) is 11.3 Å². The SMILES string of the molecule is CCC(C)(C)C1CCC(NC(=O)c2ccc(-n3ccnc3)nc2)CC1. The van der Waals surface area contributed by atoms with E-state index in [0.717, 1.165) is 24.6 Å². The van der Waals surface area contributed by atoms with Crippen LogP contribution < -0.4 is 5.32 Å². The van der Waals surface area contributed by atoms with E-state index in [4.69, 9.17) is 0 Å². The van der Waals surface area contributed by atoms with Crippen LogP contribution in [0.25, 0.3) is 5.82 Å². The summed E-state index contributed by atoms with van der Waals surface area (Å²) in [6, 6.07) is 3.95. The second-order valence-corrected chi connectivity index (χ2v) is 7.74. The van der Waals surface area contributed by atoms with Gasteiger partial charge in [-0.1, -0.05) is 27.2 Å². The highest BCUT2D eigenvalue weighted by Crippen LogP contribution is 2.40. The van der Waals surface area contributed by atoms with E-state index < -0.39 is 0 Å². The average Bonchev–Trinajstić information content (AvgIpc) is 3.17. The molecule has 0 radical (unpaired) electrons. The van der Waals surface area contributed by atoms with Crippen molar-refractivity contribution in [2.24, 2.45) is 11.3 Å². The van der Waals surface area contributed by atoms with Crippen molar-refractivity contribution in [2.45, 2.75) is 58.9 Å². The molecular formula is C20H28N4O. The number of rotatable bonds is 5. The minimum absolute atomic E-state index is 0.0251. The van der Waals surface area contributed by atoms with Crippen molar-refractivity contribution in [1.29, 1.82) is 0 Å². The average molecular weight is 340 g/mol. The molecule has 0 atom stereocenters. The van der Waals surface area contributed by atoms with E-state index >= 15 is 0 Å². The van der Waals surface area contributed by atoms with Crippen molar-refractivity contribution in [2.75, 3.05) is 0 Å². The maximum atomic E-state index is 12.5. The molecule has 2 heterocycles. The maximum absolute atomic E-state index is 12.5. The van der Waals surface area contributed by atoms with Gasteiger partial charge >= 0.3 is 0 Å². The smallest absolute Gasteiger partial charge is 0.253 e. The molecular weight excluding hydrogens is 312 g/mol. The summed E-state index contributed by atoms with van der Waals surface area (Å²) in [6.07, 6.45) is 12.6. The Balaban J connectivity index is 1.55. The number of hydrogen-bond acceptors (Lipinski definition) is 3. The third-order valence-corrected chi connectivity index (χ3v) is 5.86. The second-order valence-electron chi connectivity index (χ2n) is 7.74. The molecule has 1 aliphatic rings. The molecule has 0 saturated heterocycles. The Bertz CT molecular complexity index is 683. The molecule has 1 amide bonds. The number of nitrogens with one attached hydrogen (secondary N) is 1. The topological polar surface area (TPSA) is 59.8 Å². The highest BCUT2D eigenvalue weighted by Gasteiger charge is 2.32. The molecule has 0 aromatic carbocycles. The van der Waals surface area contributed by atoms with E-state index in [1.54, 1.807) is 18.7 Å². The van der Waals surface area contributed by atoms with Crippen LogP contribution in [0.4, 0.5) is 0 Å². The Hall–Kier alpha value is -2.17. The van der Waals surface area contributed by atoms with E-state index in [0.29, 0.717) is 11.0 Å². The first-order chi connectivity index (χ1) is 12.0. The van der Waals surface area contributed by atoms with Gasteiger partial charge in [0, 0.05) is 24.6 Å². The highest BCUT2D eigenvalue weighted by molar-refractivity contribution is 5.94. The lowest BCUT2D eigenvalue weighted by Gasteiger charge is -2.39. The van der Waals surface area contributed by atoms with Crippen LogP contribution >= 0.6 is 0 Å². The first kappa shape index (κ1) is 17.6. The summed E-state index contributed by atoms with van der Waals surface area (Å²) < 4.78 is 1.82. The molecule has 2 aromatic heterocycles. The quantitative estimate of drug-likeness (QED) is 0.895. The second kappa shape index (κ2) is 7.38. The lowest BCUT2D eigenvalue weighted by Crippen LogP contribution is -2.39. The predicted molar refractivity (Wildman–Crippen MR) is 98.6 cm³/mol. The molecule has 3 rings (SSSR count). The number of aromatic nitrogens is 3. The highest BCUT2D eigenvalue weighted by atomic mass is 16.1. The first-order valence-electron chi connectivity index (χ1n) is 9.25. The van der Waals surface area contributed by atoms with Crippen LogP contribution in [0.1, 0.15) is 63.2 Å². The van der Waals surface area contributed by atoms with Crippen LogP contribution in [0.3, 0.4) is 0 Å². The summed E-state index contributed by atoms with van der Waals surface area (Å²) in [6.45, 7) is 7.00. The summed E-state index contributed by atoms with van der Waals surface area (Å²) in [4.78, 5) is 20.8. The number of pyridine rings is 1. The molecule has 1 N–H and O–H groups in total. The van der Waals surface area contributed by atoms with Gasteiger partial charge in [0.05, 0.1) is 5.56 Å². The molecule has 0 spiro atoms.